The van der Waals surface area contributed by atoms with E-state index in [0.717, 1.165) is 62.2 Å². The number of carbonyl (C=O) groups excluding carboxylic acids is 4. The summed E-state index contributed by atoms with van der Waals surface area (Å²) in [5.41, 5.74) is 0.515. The van der Waals surface area contributed by atoms with Crippen LogP contribution >= 0.6 is 0 Å². The van der Waals surface area contributed by atoms with Gasteiger partial charge in [-0.05, 0) is 202 Å². The van der Waals surface area contributed by atoms with E-state index in [0.29, 0.717) is 59.2 Å². The highest BCUT2D eigenvalue weighted by atomic mass is 32.2. The molecule has 0 aromatic heterocycles. The number of carbonyl (C=O) groups is 4. The first kappa shape index (κ1) is 75.7. The fraction of sp³-hybridized carbons (Fsp3) is 0.938. The van der Waals surface area contributed by atoms with Crippen LogP contribution in [0.1, 0.15) is 246 Å². The van der Waals surface area contributed by atoms with Gasteiger partial charge in [0.1, 0.15) is 0 Å². The monoisotopic (exact) mass is 1240 g/mol. The summed E-state index contributed by atoms with van der Waals surface area (Å²) in [6.07, 6.45) is 19.4. The zero-order chi connectivity index (χ0) is 63.0. The molecule has 20 heteroatoms. The molecule has 8 fully saturated rings. The summed E-state index contributed by atoms with van der Waals surface area (Å²) >= 11 is 0. The Kier molecular flexibility index (Phi) is 27.3. The van der Waals surface area contributed by atoms with Crippen molar-refractivity contribution in [2.75, 3.05) is 26.4 Å². The van der Waals surface area contributed by atoms with Gasteiger partial charge in [0.2, 0.25) is 0 Å². The van der Waals surface area contributed by atoms with E-state index in [1.807, 2.05) is 41.5 Å². The van der Waals surface area contributed by atoms with Crippen LogP contribution in [0.2, 0.25) is 0 Å². The van der Waals surface area contributed by atoms with Crippen LogP contribution in [0.5, 0.6) is 0 Å². The Morgan fingerprint density at radius 3 is 1.63 bits per heavy atom. The molecule has 0 N–H and O–H groups in total. The van der Waals surface area contributed by atoms with Crippen molar-refractivity contribution in [3.63, 3.8) is 0 Å². The number of ether oxygens (including phenoxy) is 4. The Morgan fingerprint density at radius 2 is 1.06 bits per heavy atom. The molecule has 0 bridgehead atoms. The highest BCUT2D eigenvalue weighted by molar-refractivity contribution is 7.87. The van der Waals surface area contributed by atoms with Crippen LogP contribution in [0.15, 0.2) is 0 Å². The molecular weight excluding hydrogens is 1130 g/mol. The van der Waals surface area contributed by atoms with Crippen LogP contribution in [-0.2, 0) is 58.4 Å². The minimum atomic E-state index is -5.86. The average Bonchev–Trinajstić information content (AvgIpc) is 1.53. The van der Waals surface area contributed by atoms with Crippen molar-refractivity contribution in [2.24, 2.45) is 98.1 Å². The minimum Gasteiger partial charge on any atom is -0.743 e. The van der Waals surface area contributed by atoms with Crippen molar-refractivity contribution < 1.29 is 81.6 Å². The summed E-state index contributed by atoms with van der Waals surface area (Å²) < 4.78 is 136. The molecule has 8 rings (SSSR count). The molecule has 0 radical (unpaired) electrons. The van der Waals surface area contributed by atoms with E-state index < -0.39 is 99.3 Å². The first-order valence-electron chi connectivity index (χ1n) is 32.0. The van der Waals surface area contributed by atoms with E-state index in [2.05, 4.69) is 64.9 Å². The fourth-order valence-electron chi connectivity index (χ4n) is 18.8. The Hall–Kier alpha value is -2.58. The molecule has 0 saturated heterocycles. The van der Waals surface area contributed by atoms with Crippen LogP contribution in [0.25, 0.3) is 0 Å². The van der Waals surface area contributed by atoms with Crippen molar-refractivity contribution in [3.05, 3.63) is 0 Å². The largest absolute Gasteiger partial charge is 0.743 e. The van der Waals surface area contributed by atoms with E-state index in [4.69, 9.17) is 9.47 Å². The van der Waals surface area contributed by atoms with Gasteiger partial charge in [-0.15, -0.1) is 0 Å². The molecule has 17 unspecified atom stereocenters. The quantitative estimate of drug-likeness (QED) is 0.0572. The summed E-state index contributed by atoms with van der Waals surface area (Å²) in [6.45, 7) is 27.6. The number of rotatable bonds is 17. The van der Waals surface area contributed by atoms with E-state index in [1.54, 1.807) is 0 Å². The van der Waals surface area contributed by atoms with Crippen LogP contribution < -0.4 is 0 Å². The first-order valence-corrected chi connectivity index (χ1v) is 34.8. The standard InChI is InChI=1S/C29H46F2O7S.C28H44F2O7S.3C2H6.CH4/c1-19(7-12-25(32)38-18-26(33)37-17-16-29(30,31)39(34,35)36)22-10-11-23-21-9-8-20-6-4-5-14-27(20,2)24(21)13-15-28(22,23)3;1-17-8-13-27(24(32)37-16-23(31)36-15-14-28(29,30)38(33,34)35)20(19(17)3)6-7-21-22(27)10-12-25(4)18(2)9-11-26(21,25)5;3*1-2;/h19-24H,4-18H2,1-3H3,(H,34,35,36);17-22H,6-16H2,1-5H3,(H,33,34,35);3*1-2H3;1H4/p-2. The summed E-state index contributed by atoms with van der Waals surface area (Å²) in [5.74, 6) is 3.37. The summed E-state index contributed by atoms with van der Waals surface area (Å²) in [7, 11) is -11.7. The third-order valence-corrected chi connectivity index (χ3v) is 25.5. The molecule has 14 nitrogen and oxygen atoms in total. The normalized spacial score (nSPS) is 36.9. The van der Waals surface area contributed by atoms with Gasteiger partial charge in [0, 0.05) is 6.42 Å². The maximum absolute atomic E-state index is 14.0. The Bertz CT molecular complexity index is 2390. The molecule has 0 aromatic rings. The number of fused-ring (bicyclic) bond motifs is 10. The molecule has 84 heavy (non-hydrogen) atoms. The summed E-state index contributed by atoms with van der Waals surface area (Å²) in [5, 5.41) is -9.06. The minimum absolute atomic E-state index is 0. The summed E-state index contributed by atoms with van der Waals surface area (Å²) in [4.78, 5) is 50.2. The highest BCUT2D eigenvalue weighted by Gasteiger charge is 2.69. The topological polar surface area (TPSA) is 220 Å². The molecule has 0 spiro atoms. The zero-order valence-electron chi connectivity index (χ0n) is 52.9. The Balaban J connectivity index is 0.000000400. The predicted octanol–water partition coefficient (Wildman–Crippen LogP) is 15.3. The second kappa shape index (κ2) is 30.3. The average molecular weight is 1240 g/mol. The van der Waals surface area contributed by atoms with Gasteiger partial charge in [0.15, 0.2) is 33.5 Å². The van der Waals surface area contributed by atoms with E-state index in [1.165, 1.54) is 70.6 Å². The van der Waals surface area contributed by atoms with Crippen LogP contribution in [0.4, 0.5) is 17.6 Å². The summed E-state index contributed by atoms with van der Waals surface area (Å²) in [6, 6.07) is 0. The molecule has 8 aliphatic rings. The third kappa shape index (κ3) is 15.3. The van der Waals surface area contributed by atoms with Gasteiger partial charge in [-0.25, -0.2) is 26.4 Å². The third-order valence-electron chi connectivity index (χ3n) is 23.7. The van der Waals surface area contributed by atoms with Crippen molar-refractivity contribution in [1.29, 1.82) is 0 Å². The lowest BCUT2D eigenvalue weighted by atomic mass is 9.39. The second-order valence-electron chi connectivity index (χ2n) is 26.6. The number of hydrogen-bond donors (Lipinski definition) is 0. The number of hydrogen-bond acceptors (Lipinski definition) is 14. The lowest BCUT2D eigenvalue weighted by Gasteiger charge is -2.65. The Labute approximate surface area is 504 Å². The molecule has 17 atom stereocenters. The SMILES string of the molecule is C.CC.CC.CC.CC(CCC(=O)OCC(=O)OCCC(F)(F)S(=O)(=O)[O-])C1CCC2C3CCC4CCCCC4(C)C3CCC12C.CC1CCC2(C(=O)OCC(=O)OCCC(F)(F)S(=O)(=O)[O-])C(CCC3C2CCC2(C)C(C)CCC32C)C1C. The number of halogens is 4. The van der Waals surface area contributed by atoms with Gasteiger partial charge >= 0.3 is 34.4 Å². The number of alkyl halides is 4. The van der Waals surface area contributed by atoms with Crippen molar-refractivity contribution in [1.82, 2.24) is 0 Å². The van der Waals surface area contributed by atoms with Crippen molar-refractivity contribution in [2.45, 2.75) is 256 Å². The molecule has 8 aliphatic carbocycles. The smallest absolute Gasteiger partial charge is 0.344 e. The van der Waals surface area contributed by atoms with Crippen molar-refractivity contribution >= 4 is 44.1 Å². The fourth-order valence-corrected chi connectivity index (χ4v) is 19.4. The lowest BCUT2D eigenvalue weighted by molar-refractivity contribution is -0.205. The first-order chi connectivity index (χ1) is 38.7. The highest BCUT2D eigenvalue weighted by Crippen LogP contribution is 2.74. The molecule has 0 aromatic carbocycles. The van der Waals surface area contributed by atoms with Gasteiger partial charge in [0.05, 0.1) is 31.5 Å². The van der Waals surface area contributed by atoms with Crippen LogP contribution in [0.3, 0.4) is 0 Å². The van der Waals surface area contributed by atoms with E-state index >= 15 is 0 Å². The Morgan fingerprint density at radius 1 is 0.548 bits per heavy atom. The van der Waals surface area contributed by atoms with Gasteiger partial charge < -0.3 is 28.1 Å². The predicted molar refractivity (Wildman–Crippen MR) is 315 cm³/mol. The molecule has 0 aliphatic heterocycles. The van der Waals surface area contributed by atoms with E-state index in [-0.39, 0.29) is 36.5 Å². The molecule has 492 valence electrons. The zero-order valence-corrected chi connectivity index (χ0v) is 54.5. The molecular formula is C64H110F4O14S2-2. The van der Waals surface area contributed by atoms with Crippen LogP contribution in [-0.4, -0.2) is 86.8 Å². The van der Waals surface area contributed by atoms with Gasteiger partial charge in [-0.3, -0.25) is 9.59 Å². The maximum Gasteiger partial charge on any atom is 0.344 e. The molecule has 8 saturated carbocycles. The second-order valence-corrected chi connectivity index (χ2v) is 29.6. The van der Waals surface area contributed by atoms with Gasteiger partial charge in [0.25, 0.3) is 0 Å². The van der Waals surface area contributed by atoms with Gasteiger partial charge in [-0.1, -0.05) is 117 Å². The number of esters is 4. The van der Waals surface area contributed by atoms with Crippen LogP contribution in [0, 0.1) is 98.1 Å². The van der Waals surface area contributed by atoms with Gasteiger partial charge in [-0.2, -0.15) is 17.6 Å². The lowest BCUT2D eigenvalue weighted by Crippen LogP contribution is -2.62. The van der Waals surface area contributed by atoms with Crippen molar-refractivity contribution in [3.8, 4) is 0 Å². The maximum atomic E-state index is 14.0. The van der Waals surface area contributed by atoms with E-state index in [9.17, 15) is 62.7 Å². The molecule has 0 amide bonds. The molecule has 0 heterocycles.